The zero-order chi connectivity index (χ0) is 20.4. The van der Waals surface area contributed by atoms with Crippen LogP contribution in [0, 0.1) is 13.8 Å². The van der Waals surface area contributed by atoms with Gasteiger partial charge in [-0.05, 0) is 55.3 Å². The van der Waals surface area contributed by atoms with Gasteiger partial charge in [0.25, 0.3) is 5.91 Å². The molecule has 0 bridgehead atoms. The lowest BCUT2D eigenvalue weighted by Crippen LogP contribution is -2.25. The molecule has 0 fully saturated rings. The molecule has 1 aromatic heterocycles. The average Bonchev–Trinajstić information content (AvgIpc) is 3.05. The van der Waals surface area contributed by atoms with Gasteiger partial charge in [-0.2, -0.15) is 0 Å². The van der Waals surface area contributed by atoms with Crippen molar-refractivity contribution in [3.05, 3.63) is 99.8 Å². The summed E-state index contributed by atoms with van der Waals surface area (Å²) < 4.78 is 2.14. The van der Waals surface area contributed by atoms with Crippen molar-refractivity contribution in [2.24, 2.45) is 0 Å². The number of imidazole rings is 1. The van der Waals surface area contributed by atoms with Gasteiger partial charge in [0.05, 0.1) is 17.6 Å². The highest BCUT2D eigenvalue weighted by molar-refractivity contribution is 6.30. The molecule has 0 atom stereocenters. The molecule has 3 aromatic carbocycles. The second-order valence-corrected chi connectivity index (χ2v) is 7.67. The Morgan fingerprint density at radius 3 is 2.55 bits per heavy atom. The summed E-state index contributed by atoms with van der Waals surface area (Å²) >= 11 is 6.02. The molecular formula is C24H22ClN3O. The number of benzene rings is 3. The van der Waals surface area contributed by atoms with Crippen LogP contribution in [0.3, 0.4) is 0 Å². The standard InChI is InChI=1S/C24H22ClN3O/c1-16-7-12-20(17(2)13-16)24(29)26-14-23-27-21-5-3-4-6-22(21)28(23)15-18-8-10-19(25)11-9-18/h3-13H,14-15H2,1-2H3,(H,26,29). The molecule has 4 nitrogen and oxygen atoms in total. The lowest BCUT2D eigenvalue weighted by Gasteiger charge is -2.12. The summed E-state index contributed by atoms with van der Waals surface area (Å²) in [6.45, 7) is 4.99. The van der Waals surface area contributed by atoms with Crippen LogP contribution in [0.4, 0.5) is 0 Å². The molecule has 0 saturated carbocycles. The first-order chi connectivity index (χ1) is 14.0. The third kappa shape index (κ3) is 4.17. The molecule has 4 aromatic rings. The van der Waals surface area contributed by atoms with Crippen molar-refractivity contribution in [3.63, 3.8) is 0 Å². The highest BCUT2D eigenvalue weighted by Crippen LogP contribution is 2.19. The van der Waals surface area contributed by atoms with E-state index in [1.807, 2.05) is 80.6 Å². The Labute approximate surface area is 175 Å². The van der Waals surface area contributed by atoms with E-state index in [0.717, 1.165) is 33.5 Å². The zero-order valence-corrected chi connectivity index (χ0v) is 17.2. The van der Waals surface area contributed by atoms with Crippen LogP contribution in [-0.2, 0) is 13.1 Å². The number of carbonyl (C=O) groups is 1. The van der Waals surface area contributed by atoms with Crippen LogP contribution in [0.5, 0.6) is 0 Å². The number of carbonyl (C=O) groups excluding carboxylic acids is 1. The number of rotatable bonds is 5. The first kappa shape index (κ1) is 19.2. The number of amides is 1. The van der Waals surface area contributed by atoms with E-state index >= 15 is 0 Å². The molecular weight excluding hydrogens is 382 g/mol. The number of aryl methyl sites for hydroxylation is 2. The molecule has 0 spiro atoms. The number of aromatic nitrogens is 2. The maximum absolute atomic E-state index is 12.7. The maximum atomic E-state index is 12.7. The summed E-state index contributed by atoms with van der Waals surface area (Å²) in [6, 6.07) is 21.6. The number of nitrogens with one attached hydrogen (secondary N) is 1. The first-order valence-electron chi connectivity index (χ1n) is 9.55. The first-order valence-corrected chi connectivity index (χ1v) is 9.93. The van der Waals surface area contributed by atoms with Gasteiger partial charge >= 0.3 is 0 Å². The van der Waals surface area contributed by atoms with Gasteiger partial charge in [0.15, 0.2) is 0 Å². The van der Waals surface area contributed by atoms with E-state index in [2.05, 4.69) is 9.88 Å². The van der Waals surface area contributed by atoms with Crippen LogP contribution < -0.4 is 5.32 Å². The average molecular weight is 404 g/mol. The summed E-state index contributed by atoms with van der Waals surface area (Å²) in [6.07, 6.45) is 0. The Bertz CT molecular complexity index is 1180. The van der Waals surface area contributed by atoms with Crippen LogP contribution in [0.15, 0.2) is 66.7 Å². The molecule has 4 rings (SSSR count). The van der Waals surface area contributed by atoms with Crippen LogP contribution in [0.1, 0.15) is 32.9 Å². The van der Waals surface area contributed by atoms with Crippen LogP contribution in [0.25, 0.3) is 11.0 Å². The molecule has 0 saturated heterocycles. The zero-order valence-electron chi connectivity index (χ0n) is 16.4. The lowest BCUT2D eigenvalue weighted by molar-refractivity contribution is 0.0949. The van der Waals surface area contributed by atoms with Gasteiger partial charge in [0.2, 0.25) is 0 Å². The summed E-state index contributed by atoms with van der Waals surface area (Å²) in [4.78, 5) is 17.5. The summed E-state index contributed by atoms with van der Waals surface area (Å²) in [5, 5.41) is 3.74. The van der Waals surface area contributed by atoms with Crippen LogP contribution in [-0.4, -0.2) is 15.5 Å². The van der Waals surface area contributed by atoms with Gasteiger partial charge in [-0.25, -0.2) is 4.98 Å². The van der Waals surface area contributed by atoms with E-state index in [1.165, 1.54) is 0 Å². The Hall–Kier alpha value is -3.11. The topological polar surface area (TPSA) is 46.9 Å². The highest BCUT2D eigenvalue weighted by atomic mass is 35.5. The Morgan fingerprint density at radius 2 is 1.79 bits per heavy atom. The molecule has 146 valence electrons. The predicted octanol–water partition coefficient (Wildman–Crippen LogP) is 5.28. The van der Waals surface area contributed by atoms with Gasteiger partial charge < -0.3 is 9.88 Å². The van der Waals surface area contributed by atoms with Gasteiger partial charge in [0, 0.05) is 17.1 Å². The van der Waals surface area contributed by atoms with Crippen molar-refractivity contribution in [1.82, 2.24) is 14.9 Å². The van der Waals surface area contributed by atoms with Crippen molar-refractivity contribution < 1.29 is 4.79 Å². The number of hydrogen-bond acceptors (Lipinski definition) is 2. The fraction of sp³-hybridized carbons (Fsp3) is 0.167. The monoisotopic (exact) mass is 403 g/mol. The number of nitrogens with zero attached hydrogens (tertiary/aromatic N) is 2. The SMILES string of the molecule is Cc1ccc(C(=O)NCc2nc3ccccc3n2Cc2ccc(Cl)cc2)c(C)c1. The van der Waals surface area contributed by atoms with Crippen molar-refractivity contribution in [2.75, 3.05) is 0 Å². The second kappa shape index (κ2) is 8.10. The minimum atomic E-state index is -0.0902. The molecule has 29 heavy (non-hydrogen) atoms. The van der Waals surface area contributed by atoms with E-state index in [-0.39, 0.29) is 5.91 Å². The Kier molecular flexibility index (Phi) is 5.36. The highest BCUT2D eigenvalue weighted by Gasteiger charge is 2.14. The molecule has 0 aliphatic carbocycles. The van der Waals surface area contributed by atoms with E-state index in [9.17, 15) is 4.79 Å². The molecule has 1 heterocycles. The molecule has 0 radical (unpaired) electrons. The fourth-order valence-electron chi connectivity index (χ4n) is 3.53. The van der Waals surface area contributed by atoms with Gasteiger partial charge in [-0.3, -0.25) is 4.79 Å². The number of halogens is 1. The van der Waals surface area contributed by atoms with Gasteiger partial charge in [-0.1, -0.05) is 53.6 Å². The van der Waals surface area contributed by atoms with Gasteiger partial charge in [0.1, 0.15) is 5.82 Å². The molecule has 1 amide bonds. The smallest absolute Gasteiger partial charge is 0.251 e. The summed E-state index contributed by atoms with van der Waals surface area (Å²) in [5.41, 5.74) is 5.88. The molecule has 0 aliphatic rings. The van der Waals surface area contributed by atoms with E-state index < -0.39 is 0 Å². The van der Waals surface area contributed by atoms with Crippen molar-refractivity contribution in [1.29, 1.82) is 0 Å². The third-order valence-corrected chi connectivity index (χ3v) is 5.27. The molecule has 0 aliphatic heterocycles. The predicted molar refractivity (Wildman–Crippen MR) is 117 cm³/mol. The third-order valence-electron chi connectivity index (χ3n) is 5.02. The lowest BCUT2D eigenvalue weighted by atomic mass is 10.1. The summed E-state index contributed by atoms with van der Waals surface area (Å²) in [5.74, 6) is 0.729. The van der Waals surface area contributed by atoms with Crippen molar-refractivity contribution in [2.45, 2.75) is 26.9 Å². The minimum absolute atomic E-state index is 0.0902. The molecule has 1 N–H and O–H groups in total. The molecule has 5 heteroatoms. The van der Waals surface area contributed by atoms with Crippen molar-refractivity contribution >= 4 is 28.5 Å². The Morgan fingerprint density at radius 1 is 1.03 bits per heavy atom. The van der Waals surface area contributed by atoms with Crippen LogP contribution in [0.2, 0.25) is 5.02 Å². The summed E-state index contributed by atoms with van der Waals surface area (Å²) in [7, 11) is 0. The fourth-order valence-corrected chi connectivity index (χ4v) is 3.66. The minimum Gasteiger partial charge on any atom is -0.345 e. The number of fused-ring (bicyclic) bond motifs is 1. The Balaban J connectivity index is 1.61. The van der Waals surface area contributed by atoms with E-state index in [4.69, 9.17) is 16.6 Å². The van der Waals surface area contributed by atoms with Crippen LogP contribution >= 0.6 is 11.6 Å². The normalized spacial score (nSPS) is 11.0. The number of para-hydroxylation sites is 2. The van der Waals surface area contributed by atoms with E-state index in [1.54, 1.807) is 0 Å². The van der Waals surface area contributed by atoms with E-state index in [0.29, 0.717) is 23.7 Å². The van der Waals surface area contributed by atoms with Crippen molar-refractivity contribution in [3.8, 4) is 0 Å². The largest absolute Gasteiger partial charge is 0.345 e. The second-order valence-electron chi connectivity index (χ2n) is 7.23. The maximum Gasteiger partial charge on any atom is 0.251 e. The quantitative estimate of drug-likeness (QED) is 0.492. The number of hydrogen-bond donors (Lipinski definition) is 1. The van der Waals surface area contributed by atoms with Gasteiger partial charge in [-0.15, -0.1) is 0 Å². The molecule has 0 unspecified atom stereocenters.